The molecule has 1 unspecified atom stereocenters. The van der Waals surface area contributed by atoms with Crippen LogP contribution in [0, 0.1) is 0 Å². The second-order valence-corrected chi connectivity index (χ2v) is 4.58. The molecule has 0 bridgehead atoms. The van der Waals surface area contributed by atoms with E-state index < -0.39 is 31.3 Å². The first-order valence-electron chi connectivity index (χ1n) is 4.98. The number of thioether (sulfide) groups is 1. The first-order valence-corrected chi connectivity index (χ1v) is 6.38. The lowest BCUT2D eigenvalue weighted by Gasteiger charge is -2.24. The predicted molar refractivity (Wildman–Crippen MR) is 61.6 cm³/mol. The number of aliphatic carboxylic acids is 1. The van der Waals surface area contributed by atoms with Crippen LogP contribution < -0.4 is 5.32 Å². The summed E-state index contributed by atoms with van der Waals surface area (Å²) in [7, 11) is 0. The van der Waals surface area contributed by atoms with Crippen molar-refractivity contribution in [1.82, 2.24) is 10.2 Å². The first-order chi connectivity index (χ1) is 8.15. The third kappa shape index (κ3) is 8.04. The molecule has 0 fully saturated rings. The van der Waals surface area contributed by atoms with Gasteiger partial charge in [0.05, 0.1) is 0 Å². The van der Waals surface area contributed by atoms with Crippen LogP contribution in [0.25, 0.3) is 0 Å². The van der Waals surface area contributed by atoms with Crippen LogP contribution in [0.15, 0.2) is 0 Å². The number of nitrogens with one attached hydrogen (secondary N) is 1. The maximum atomic E-state index is 12.2. The molecule has 0 aliphatic heterocycles. The average molecular weight is 288 g/mol. The van der Waals surface area contributed by atoms with Gasteiger partial charge < -0.3 is 15.3 Å². The van der Waals surface area contributed by atoms with Gasteiger partial charge in [0, 0.05) is 11.8 Å². The van der Waals surface area contributed by atoms with Gasteiger partial charge in [0.15, 0.2) is 0 Å². The summed E-state index contributed by atoms with van der Waals surface area (Å²) in [6.07, 6.45) is -2.84. The van der Waals surface area contributed by atoms with E-state index in [0.29, 0.717) is 5.75 Å². The molecule has 0 radical (unpaired) electrons. The van der Waals surface area contributed by atoms with Crippen LogP contribution in [0.2, 0.25) is 0 Å². The third-order valence-electron chi connectivity index (χ3n) is 1.77. The molecule has 0 aliphatic carbocycles. The topological polar surface area (TPSA) is 69.6 Å². The van der Waals surface area contributed by atoms with Gasteiger partial charge >= 0.3 is 18.2 Å². The van der Waals surface area contributed by atoms with Crippen molar-refractivity contribution in [3.05, 3.63) is 0 Å². The molecule has 0 saturated carbocycles. The van der Waals surface area contributed by atoms with Crippen molar-refractivity contribution in [2.45, 2.75) is 19.1 Å². The van der Waals surface area contributed by atoms with E-state index in [0.717, 1.165) is 0 Å². The molecule has 0 spiro atoms. The lowest BCUT2D eigenvalue weighted by atomic mass is 10.4. The summed E-state index contributed by atoms with van der Waals surface area (Å²) in [4.78, 5) is 22.1. The highest BCUT2D eigenvalue weighted by atomic mass is 32.2. The second kappa shape index (κ2) is 7.34. The van der Waals surface area contributed by atoms with E-state index in [1.54, 1.807) is 13.2 Å². The molecule has 5 nitrogen and oxygen atoms in total. The molecule has 0 aromatic carbocycles. The molecule has 106 valence electrons. The first kappa shape index (κ1) is 16.9. The van der Waals surface area contributed by atoms with Crippen LogP contribution in [0.3, 0.4) is 0 Å². The van der Waals surface area contributed by atoms with Gasteiger partial charge in [-0.25, -0.2) is 4.79 Å². The largest absolute Gasteiger partial charge is 0.480 e. The highest BCUT2D eigenvalue weighted by Gasteiger charge is 2.34. The SMILES string of the molecule is CSCC(C)NC(=O)N(CC(=O)O)CC(F)(F)F. The normalized spacial score (nSPS) is 12.9. The molecular weight excluding hydrogens is 273 g/mol. The van der Waals surface area contributed by atoms with Gasteiger partial charge in [-0.1, -0.05) is 0 Å². The van der Waals surface area contributed by atoms with E-state index in [-0.39, 0.29) is 10.9 Å². The summed E-state index contributed by atoms with van der Waals surface area (Å²) in [5.41, 5.74) is 0. The summed E-state index contributed by atoms with van der Waals surface area (Å²) in [5.74, 6) is -0.967. The zero-order valence-corrected chi connectivity index (χ0v) is 10.8. The van der Waals surface area contributed by atoms with Gasteiger partial charge in [-0.2, -0.15) is 24.9 Å². The molecule has 18 heavy (non-hydrogen) atoms. The number of nitrogens with zero attached hydrogens (tertiary/aromatic N) is 1. The van der Waals surface area contributed by atoms with Crippen molar-refractivity contribution in [2.24, 2.45) is 0 Å². The monoisotopic (exact) mass is 288 g/mol. The van der Waals surface area contributed by atoms with Crippen molar-refractivity contribution >= 4 is 23.8 Å². The number of hydrogen-bond donors (Lipinski definition) is 2. The van der Waals surface area contributed by atoms with Crippen LogP contribution in [0.4, 0.5) is 18.0 Å². The van der Waals surface area contributed by atoms with Gasteiger partial charge in [0.1, 0.15) is 13.1 Å². The molecule has 9 heteroatoms. The summed E-state index contributed by atoms with van der Waals surface area (Å²) in [6, 6.07) is -1.37. The molecule has 0 heterocycles. The smallest absolute Gasteiger partial charge is 0.406 e. The number of carboxylic acid groups (broad SMARTS) is 1. The molecule has 0 aromatic heterocycles. The highest BCUT2D eigenvalue weighted by Crippen LogP contribution is 2.16. The molecule has 1 atom stereocenters. The van der Waals surface area contributed by atoms with Crippen LogP contribution in [0.5, 0.6) is 0 Å². The zero-order valence-electron chi connectivity index (χ0n) is 9.95. The number of amides is 2. The lowest BCUT2D eigenvalue weighted by molar-refractivity contribution is -0.149. The van der Waals surface area contributed by atoms with Crippen molar-refractivity contribution in [3.63, 3.8) is 0 Å². The molecule has 0 aromatic rings. The summed E-state index contributed by atoms with van der Waals surface area (Å²) >= 11 is 1.42. The van der Waals surface area contributed by atoms with E-state index in [9.17, 15) is 22.8 Å². The van der Waals surface area contributed by atoms with Crippen molar-refractivity contribution in [2.75, 3.05) is 25.1 Å². The highest BCUT2D eigenvalue weighted by molar-refractivity contribution is 7.98. The third-order valence-corrected chi connectivity index (χ3v) is 2.60. The number of halogens is 3. The quantitative estimate of drug-likeness (QED) is 0.775. The van der Waals surface area contributed by atoms with E-state index in [1.807, 2.05) is 0 Å². The Hall–Kier alpha value is -1.12. The number of urea groups is 1. The molecule has 0 aliphatic rings. The number of carbonyl (C=O) groups excluding carboxylic acids is 1. The number of hydrogen-bond acceptors (Lipinski definition) is 3. The van der Waals surface area contributed by atoms with Gasteiger partial charge in [-0.3, -0.25) is 4.79 Å². The van der Waals surface area contributed by atoms with Crippen molar-refractivity contribution in [1.29, 1.82) is 0 Å². The van der Waals surface area contributed by atoms with Crippen molar-refractivity contribution in [3.8, 4) is 0 Å². The Kier molecular flexibility index (Phi) is 6.89. The number of carbonyl (C=O) groups is 2. The summed E-state index contributed by atoms with van der Waals surface area (Å²) in [5, 5.41) is 10.8. The maximum Gasteiger partial charge on any atom is 0.406 e. The number of alkyl halides is 3. The van der Waals surface area contributed by atoms with Gasteiger partial charge in [-0.15, -0.1) is 0 Å². The van der Waals surface area contributed by atoms with Crippen LogP contribution in [-0.2, 0) is 4.79 Å². The Labute approximate surface area is 107 Å². The standard InChI is InChI=1S/C9H15F3N2O3S/c1-6(4-18-2)13-8(17)14(3-7(15)16)5-9(10,11)12/h6H,3-5H2,1-2H3,(H,13,17)(H,15,16). The number of rotatable bonds is 6. The van der Waals surface area contributed by atoms with Gasteiger partial charge in [-0.05, 0) is 13.2 Å². The molecule has 0 rings (SSSR count). The maximum absolute atomic E-state index is 12.2. The molecule has 2 amide bonds. The Morgan fingerprint density at radius 3 is 2.39 bits per heavy atom. The van der Waals surface area contributed by atoms with Crippen molar-refractivity contribution < 1.29 is 27.9 Å². The molecular formula is C9H15F3N2O3S. The lowest BCUT2D eigenvalue weighted by Crippen LogP contribution is -2.49. The summed E-state index contributed by atoms with van der Waals surface area (Å²) in [6.45, 7) is -0.949. The number of carboxylic acids is 1. The summed E-state index contributed by atoms with van der Waals surface area (Å²) < 4.78 is 36.5. The zero-order chi connectivity index (χ0) is 14.3. The van der Waals surface area contributed by atoms with E-state index in [2.05, 4.69) is 5.32 Å². The average Bonchev–Trinajstić information content (AvgIpc) is 2.13. The van der Waals surface area contributed by atoms with Crippen LogP contribution in [-0.4, -0.2) is 59.3 Å². The minimum atomic E-state index is -4.63. The second-order valence-electron chi connectivity index (χ2n) is 3.67. The van der Waals surface area contributed by atoms with Crippen LogP contribution in [0.1, 0.15) is 6.92 Å². The fourth-order valence-corrected chi connectivity index (χ4v) is 1.76. The van der Waals surface area contributed by atoms with E-state index in [1.165, 1.54) is 11.8 Å². The van der Waals surface area contributed by atoms with E-state index in [4.69, 9.17) is 5.11 Å². The Morgan fingerprint density at radius 1 is 1.44 bits per heavy atom. The molecule has 2 N–H and O–H groups in total. The minimum absolute atomic E-state index is 0.221. The van der Waals surface area contributed by atoms with E-state index >= 15 is 0 Å². The van der Waals surface area contributed by atoms with Gasteiger partial charge in [0.2, 0.25) is 0 Å². The van der Waals surface area contributed by atoms with Crippen LogP contribution >= 0.6 is 11.8 Å². The fourth-order valence-electron chi connectivity index (χ4n) is 1.17. The minimum Gasteiger partial charge on any atom is -0.480 e. The molecule has 0 saturated heterocycles. The Balaban J connectivity index is 4.54. The Bertz CT molecular complexity index is 299. The van der Waals surface area contributed by atoms with Gasteiger partial charge in [0.25, 0.3) is 0 Å². The fraction of sp³-hybridized carbons (Fsp3) is 0.778. The predicted octanol–water partition coefficient (Wildman–Crippen LogP) is 1.40. The Morgan fingerprint density at radius 2 is 2.00 bits per heavy atom.